The Morgan fingerprint density at radius 3 is 2.81 bits per heavy atom. The van der Waals surface area contributed by atoms with Crippen LogP contribution in [-0.2, 0) is 17.9 Å². The van der Waals surface area contributed by atoms with E-state index >= 15 is 0 Å². The smallest absolute Gasteiger partial charge is 0.0700 e. The van der Waals surface area contributed by atoms with Gasteiger partial charge in [-0.2, -0.15) is 0 Å². The van der Waals surface area contributed by atoms with Crippen molar-refractivity contribution in [1.82, 2.24) is 5.32 Å². The van der Waals surface area contributed by atoms with Crippen LogP contribution >= 0.6 is 0 Å². The Kier molecular flexibility index (Phi) is 4.34. The van der Waals surface area contributed by atoms with Gasteiger partial charge in [-0.1, -0.05) is 24.3 Å². The normalized spacial score (nSPS) is 20.2. The first-order chi connectivity index (χ1) is 7.90. The minimum absolute atomic E-state index is 0.109. The average Bonchev–Trinajstić information content (AvgIpc) is 2.83. The lowest BCUT2D eigenvalue weighted by atomic mass is 10.1. The quantitative estimate of drug-likeness (QED) is 0.790. The second kappa shape index (κ2) is 5.99. The molecule has 2 rings (SSSR count). The minimum Gasteiger partial charge on any atom is -0.392 e. The number of ether oxygens (including phenoxy) is 1. The molecule has 1 aromatic rings. The highest BCUT2D eigenvalue weighted by molar-refractivity contribution is 5.26. The van der Waals surface area contributed by atoms with E-state index in [1.165, 1.54) is 12.0 Å². The Balaban J connectivity index is 1.79. The van der Waals surface area contributed by atoms with Crippen molar-refractivity contribution < 1.29 is 9.84 Å². The molecule has 3 nitrogen and oxygen atoms in total. The van der Waals surface area contributed by atoms with Crippen molar-refractivity contribution in [2.45, 2.75) is 32.1 Å². The number of aliphatic hydroxyl groups is 1. The molecule has 1 aliphatic heterocycles. The Bertz CT molecular complexity index is 321. The third kappa shape index (κ3) is 3.04. The summed E-state index contributed by atoms with van der Waals surface area (Å²) in [5.74, 6) is 0. The van der Waals surface area contributed by atoms with Gasteiger partial charge in [0, 0.05) is 19.7 Å². The van der Waals surface area contributed by atoms with Gasteiger partial charge < -0.3 is 15.2 Å². The zero-order chi connectivity index (χ0) is 11.2. The Morgan fingerprint density at radius 2 is 2.12 bits per heavy atom. The first-order valence-electron chi connectivity index (χ1n) is 5.90. The van der Waals surface area contributed by atoms with E-state index in [-0.39, 0.29) is 6.61 Å². The molecule has 1 aromatic carbocycles. The highest BCUT2D eigenvalue weighted by Gasteiger charge is 2.14. The maximum absolute atomic E-state index is 9.18. The van der Waals surface area contributed by atoms with E-state index in [9.17, 15) is 5.11 Å². The summed E-state index contributed by atoms with van der Waals surface area (Å²) in [5, 5.41) is 12.6. The predicted molar refractivity (Wildman–Crippen MR) is 63.0 cm³/mol. The molecule has 0 radical (unpaired) electrons. The van der Waals surface area contributed by atoms with Gasteiger partial charge in [0.05, 0.1) is 12.7 Å². The molecule has 3 heteroatoms. The highest BCUT2D eigenvalue weighted by atomic mass is 16.5. The summed E-state index contributed by atoms with van der Waals surface area (Å²) in [6.45, 7) is 2.72. The molecule has 1 fully saturated rings. The summed E-state index contributed by atoms with van der Waals surface area (Å²) >= 11 is 0. The second-order valence-electron chi connectivity index (χ2n) is 4.19. The van der Waals surface area contributed by atoms with Gasteiger partial charge in [0.25, 0.3) is 0 Å². The van der Waals surface area contributed by atoms with E-state index in [0.29, 0.717) is 6.10 Å². The average molecular weight is 221 g/mol. The molecule has 1 unspecified atom stereocenters. The van der Waals surface area contributed by atoms with E-state index in [2.05, 4.69) is 5.32 Å². The molecule has 1 atom stereocenters. The lowest BCUT2D eigenvalue weighted by Crippen LogP contribution is -2.26. The predicted octanol–water partition coefficient (Wildman–Crippen LogP) is 1.45. The third-order valence-electron chi connectivity index (χ3n) is 3.00. The molecule has 1 heterocycles. The van der Waals surface area contributed by atoms with Crippen LogP contribution in [0.5, 0.6) is 0 Å². The molecule has 0 amide bonds. The monoisotopic (exact) mass is 221 g/mol. The number of nitrogens with one attached hydrogen (secondary N) is 1. The fourth-order valence-corrected chi connectivity index (χ4v) is 2.06. The zero-order valence-corrected chi connectivity index (χ0v) is 9.48. The maximum Gasteiger partial charge on any atom is 0.0700 e. The van der Waals surface area contributed by atoms with E-state index < -0.39 is 0 Å². The molecule has 0 spiro atoms. The second-order valence-corrected chi connectivity index (χ2v) is 4.19. The van der Waals surface area contributed by atoms with Gasteiger partial charge >= 0.3 is 0 Å². The van der Waals surface area contributed by atoms with Gasteiger partial charge in [0.2, 0.25) is 0 Å². The van der Waals surface area contributed by atoms with Gasteiger partial charge in [-0.25, -0.2) is 0 Å². The fourth-order valence-electron chi connectivity index (χ4n) is 2.06. The summed E-state index contributed by atoms with van der Waals surface area (Å²) in [6.07, 6.45) is 2.72. The van der Waals surface area contributed by atoms with Crippen LogP contribution in [0.2, 0.25) is 0 Å². The lowest BCUT2D eigenvalue weighted by Gasteiger charge is -2.12. The van der Waals surface area contributed by atoms with Crippen LogP contribution in [0.1, 0.15) is 24.0 Å². The van der Waals surface area contributed by atoms with E-state index in [1.807, 2.05) is 24.3 Å². The van der Waals surface area contributed by atoms with E-state index in [0.717, 1.165) is 31.7 Å². The molecular weight excluding hydrogens is 202 g/mol. The summed E-state index contributed by atoms with van der Waals surface area (Å²) < 4.78 is 5.54. The molecule has 2 N–H and O–H groups in total. The first kappa shape index (κ1) is 11.6. The van der Waals surface area contributed by atoms with Crippen LogP contribution in [0.15, 0.2) is 24.3 Å². The van der Waals surface area contributed by atoms with Crippen LogP contribution in [-0.4, -0.2) is 24.4 Å². The number of benzene rings is 1. The van der Waals surface area contributed by atoms with E-state index in [4.69, 9.17) is 4.74 Å². The van der Waals surface area contributed by atoms with Gasteiger partial charge in [-0.3, -0.25) is 0 Å². The van der Waals surface area contributed by atoms with Crippen LogP contribution in [0.4, 0.5) is 0 Å². The summed E-state index contributed by atoms with van der Waals surface area (Å²) in [4.78, 5) is 0. The van der Waals surface area contributed by atoms with Crippen molar-refractivity contribution in [3.05, 3.63) is 35.4 Å². The maximum atomic E-state index is 9.18. The van der Waals surface area contributed by atoms with Gasteiger partial charge in [0.1, 0.15) is 0 Å². The number of rotatable bonds is 5. The third-order valence-corrected chi connectivity index (χ3v) is 3.00. The van der Waals surface area contributed by atoms with E-state index in [1.54, 1.807) is 0 Å². The SMILES string of the molecule is OCc1ccccc1CNCC1CCCO1. The molecule has 0 bridgehead atoms. The molecular formula is C13H19NO2. The molecule has 0 saturated carbocycles. The van der Waals surface area contributed by atoms with Crippen molar-refractivity contribution in [3.8, 4) is 0 Å². The molecule has 0 aliphatic carbocycles. The highest BCUT2D eigenvalue weighted by Crippen LogP contribution is 2.12. The summed E-state index contributed by atoms with van der Waals surface area (Å²) in [7, 11) is 0. The van der Waals surface area contributed by atoms with Crippen LogP contribution in [0, 0.1) is 0 Å². The standard InChI is InChI=1S/C13H19NO2/c15-10-12-5-2-1-4-11(12)8-14-9-13-6-3-7-16-13/h1-2,4-5,13-15H,3,6-10H2. The fraction of sp³-hybridized carbons (Fsp3) is 0.538. The minimum atomic E-state index is 0.109. The van der Waals surface area contributed by atoms with Crippen LogP contribution in [0.25, 0.3) is 0 Å². The van der Waals surface area contributed by atoms with Gasteiger partial charge in [-0.05, 0) is 24.0 Å². The largest absolute Gasteiger partial charge is 0.392 e. The summed E-state index contributed by atoms with van der Waals surface area (Å²) in [5.41, 5.74) is 2.17. The number of hydrogen-bond acceptors (Lipinski definition) is 3. The van der Waals surface area contributed by atoms with Crippen LogP contribution in [0.3, 0.4) is 0 Å². The Labute approximate surface area is 96.4 Å². The molecule has 88 valence electrons. The zero-order valence-electron chi connectivity index (χ0n) is 9.48. The van der Waals surface area contributed by atoms with Crippen molar-refractivity contribution in [2.24, 2.45) is 0 Å². The van der Waals surface area contributed by atoms with Crippen molar-refractivity contribution in [1.29, 1.82) is 0 Å². The van der Waals surface area contributed by atoms with Crippen LogP contribution < -0.4 is 5.32 Å². The molecule has 16 heavy (non-hydrogen) atoms. The molecule has 1 saturated heterocycles. The van der Waals surface area contributed by atoms with Crippen molar-refractivity contribution in [3.63, 3.8) is 0 Å². The topological polar surface area (TPSA) is 41.5 Å². The molecule has 1 aliphatic rings. The van der Waals surface area contributed by atoms with Crippen molar-refractivity contribution in [2.75, 3.05) is 13.2 Å². The van der Waals surface area contributed by atoms with Gasteiger partial charge in [0.15, 0.2) is 0 Å². The number of hydrogen-bond donors (Lipinski definition) is 2. The Morgan fingerprint density at radius 1 is 1.31 bits per heavy atom. The summed E-state index contributed by atoms with van der Waals surface area (Å²) in [6, 6.07) is 7.97. The molecule has 0 aromatic heterocycles. The number of aliphatic hydroxyl groups excluding tert-OH is 1. The lowest BCUT2D eigenvalue weighted by molar-refractivity contribution is 0.110. The van der Waals surface area contributed by atoms with Crippen molar-refractivity contribution >= 4 is 0 Å². The van der Waals surface area contributed by atoms with Gasteiger partial charge in [-0.15, -0.1) is 0 Å². The first-order valence-corrected chi connectivity index (χ1v) is 5.90. The Hall–Kier alpha value is -0.900.